The Morgan fingerprint density at radius 3 is 2.80 bits per heavy atom. The SMILES string of the molecule is CN=C(NCCC(=O)OC)NCC(c1cccs1)N1CCOCC1.I. The van der Waals surface area contributed by atoms with E-state index in [1.165, 1.54) is 12.0 Å². The molecule has 2 N–H and O–H groups in total. The van der Waals surface area contributed by atoms with Crippen LogP contribution in [0.2, 0.25) is 0 Å². The monoisotopic (exact) mass is 482 g/mol. The molecule has 1 aromatic rings. The van der Waals surface area contributed by atoms with Gasteiger partial charge < -0.3 is 20.1 Å². The van der Waals surface area contributed by atoms with Gasteiger partial charge in [-0.2, -0.15) is 0 Å². The van der Waals surface area contributed by atoms with E-state index in [1.807, 2.05) is 0 Å². The highest BCUT2D eigenvalue weighted by molar-refractivity contribution is 14.0. The number of thiophene rings is 1. The van der Waals surface area contributed by atoms with E-state index in [9.17, 15) is 4.79 Å². The Labute approximate surface area is 170 Å². The summed E-state index contributed by atoms with van der Waals surface area (Å²) < 4.78 is 10.1. The number of aliphatic imine (C=N–C) groups is 1. The number of rotatable bonds is 7. The summed E-state index contributed by atoms with van der Waals surface area (Å²) in [4.78, 5) is 19.1. The summed E-state index contributed by atoms with van der Waals surface area (Å²) >= 11 is 1.76. The highest BCUT2D eigenvalue weighted by atomic mass is 127. The molecule has 0 radical (unpaired) electrons. The van der Waals surface area contributed by atoms with Crippen molar-refractivity contribution in [2.24, 2.45) is 4.99 Å². The quantitative estimate of drug-likeness (QED) is 0.266. The van der Waals surface area contributed by atoms with E-state index in [1.54, 1.807) is 18.4 Å². The lowest BCUT2D eigenvalue weighted by atomic mass is 10.2. The van der Waals surface area contributed by atoms with Crippen molar-refractivity contribution in [3.63, 3.8) is 0 Å². The maximum Gasteiger partial charge on any atom is 0.307 e. The minimum Gasteiger partial charge on any atom is -0.469 e. The third kappa shape index (κ3) is 7.47. The number of nitrogens with one attached hydrogen (secondary N) is 2. The first-order valence-electron chi connectivity index (χ1n) is 8.11. The van der Waals surface area contributed by atoms with Gasteiger partial charge in [-0.1, -0.05) is 6.07 Å². The zero-order valence-electron chi connectivity index (χ0n) is 14.7. The van der Waals surface area contributed by atoms with Crippen molar-refractivity contribution < 1.29 is 14.3 Å². The van der Waals surface area contributed by atoms with Crippen molar-refractivity contribution in [3.8, 4) is 0 Å². The highest BCUT2D eigenvalue weighted by Gasteiger charge is 2.23. The number of hydrogen-bond donors (Lipinski definition) is 2. The number of esters is 1. The lowest BCUT2D eigenvalue weighted by molar-refractivity contribution is -0.140. The molecule has 1 atom stereocenters. The van der Waals surface area contributed by atoms with Crippen LogP contribution in [0.5, 0.6) is 0 Å². The van der Waals surface area contributed by atoms with Gasteiger partial charge in [0.05, 0.1) is 32.8 Å². The first-order chi connectivity index (χ1) is 11.7. The lowest BCUT2D eigenvalue weighted by Gasteiger charge is -2.34. The fourth-order valence-electron chi connectivity index (χ4n) is 2.58. The second kappa shape index (κ2) is 12.4. The molecule has 0 saturated carbocycles. The van der Waals surface area contributed by atoms with Crippen molar-refractivity contribution in [1.82, 2.24) is 15.5 Å². The van der Waals surface area contributed by atoms with E-state index in [-0.39, 0.29) is 36.0 Å². The Morgan fingerprint density at radius 1 is 1.44 bits per heavy atom. The summed E-state index contributed by atoms with van der Waals surface area (Å²) in [6.45, 7) is 4.64. The number of morpholine rings is 1. The number of carbonyl (C=O) groups excluding carboxylic acids is 1. The van der Waals surface area contributed by atoms with Crippen LogP contribution in [-0.4, -0.2) is 70.4 Å². The summed E-state index contributed by atoms with van der Waals surface area (Å²) in [6.07, 6.45) is 0.315. The largest absolute Gasteiger partial charge is 0.469 e. The zero-order chi connectivity index (χ0) is 17.2. The molecule has 9 heteroatoms. The van der Waals surface area contributed by atoms with E-state index >= 15 is 0 Å². The summed E-state index contributed by atoms with van der Waals surface area (Å²) in [5.41, 5.74) is 0. The van der Waals surface area contributed by atoms with Gasteiger partial charge in [0.2, 0.25) is 0 Å². The number of carbonyl (C=O) groups is 1. The van der Waals surface area contributed by atoms with Gasteiger partial charge in [-0.25, -0.2) is 0 Å². The van der Waals surface area contributed by atoms with Crippen molar-refractivity contribution >= 4 is 47.2 Å². The number of hydrogen-bond acceptors (Lipinski definition) is 6. The number of nitrogens with zero attached hydrogens (tertiary/aromatic N) is 2. The van der Waals surface area contributed by atoms with Crippen LogP contribution in [0.4, 0.5) is 0 Å². The third-order valence-corrected chi connectivity index (χ3v) is 4.87. The molecule has 2 rings (SSSR count). The van der Waals surface area contributed by atoms with Gasteiger partial charge in [-0.3, -0.25) is 14.7 Å². The topological polar surface area (TPSA) is 75.2 Å². The van der Waals surface area contributed by atoms with Gasteiger partial charge in [-0.15, -0.1) is 35.3 Å². The molecule has 0 aromatic carbocycles. The molecule has 1 fully saturated rings. The van der Waals surface area contributed by atoms with Gasteiger partial charge in [0.15, 0.2) is 5.96 Å². The van der Waals surface area contributed by atoms with Gasteiger partial charge in [0, 0.05) is 38.1 Å². The predicted octanol–water partition coefficient (Wildman–Crippen LogP) is 1.47. The summed E-state index contributed by atoms with van der Waals surface area (Å²) in [6, 6.07) is 4.53. The molecule has 0 bridgehead atoms. The molecular formula is C16H27IN4O3S. The van der Waals surface area contributed by atoms with E-state index in [4.69, 9.17) is 4.74 Å². The number of ether oxygens (including phenoxy) is 2. The average Bonchev–Trinajstić information content (AvgIpc) is 3.15. The summed E-state index contributed by atoms with van der Waals surface area (Å²) in [7, 11) is 3.12. The van der Waals surface area contributed by atoms with Crippen LogP contribution >= 0.6 is 35.3 Å². The van der Waals surface area contributed by atoms with Crippen molar-refractivity contribution in [2.75, 3.05) is 53.6 Å². The van der Waals surface area contributed by atoms with E-state index in [0.29, 0.717) is 18.9 Å². The van der Waals surface area contributed by atoms with Crippen LogP contribution in [0.25, 0.3) is 0 Å². The van der Waals surface area contributed by atoms with Crippen LogP contribution in [0.15, 0.2) is 22.5 Å². The fraction of sp³-hybridized carbons (Fsp3) is 0.625. The van der Waals surface area contributed by atoms with Crippen LogP contribution in [0.1, 0.15) is 17.3 Å². The second-order valence-electron chi connectivity index (χ2n) is 5.39. The maximum atomic E-state index is 11.2. The molecule has 7 nitrogen and oxygen atoms in total. The first-order valence-corrected chi connectivity index (χ1v) is 8.99. The molecule has 142 valence electrons. The maximum absolute atomic E-state index is 11.2. The summed E-state index contributed by atoms with van der Waals surface area (Å²) in [5.74, 6) is 0.455. The molecular weight excluding hydrogens is 455 g/mol. The number of methoxy groups -OCH3 is 1. The molecule has 1 aliphatic heterocycles. The second-order valence-corrected chi connectivity index (χ2v) is 6.36. The summed E-state index contributed by atoms with van der Waals surface area (Å²) in [5, 5.41) is 8.60. The Bertz CT molecular complexity index is 521. The average molecular weight is 482 g/mol. The minimum absolute atomic E-state index is 0. The van der Waals surface area contributed by atoms with Crippen LogP contribution in [-0.2, 0) is 14.3 Å². The molecule has 2 heterocycles. The van der Waals surface area contributed by atoms with Crippen LogP contribution in [0, 0.1) is 0 Å². The van der Waals surface area contributed by atoms with E-state index < -0.39 is 0 Å². The Kier molecular flexibility index (Phi) is 11.0. The minimum atomic E-state index is -0.234. The van der Waals surface area contributed by atoms with E-state index in [2.05, 4.69) is 42.8 Å². The van der Waals surface area contributed by atoms with Gasteiger partial charge in [0.1, 0.15) is 0 Å². The normalized spacial score (nSPS) is 16.6. The number of halogens is 1. The van der Waals surface area contributed by atoms with Gasteiger partial charge >= 0.3 is 5.97 Å². The Hall–Kier alpha value is -0.910. The first kappa shape index (κ1) is 22.1. The van der Waals surface area contributed by atoms with Gasteiger partial charge in [0.25, 0.3) is 0 Å². The number of guanidine groups is 1. The van der Waals surface area contributed by atoms with E-state index in [0.717, 1.165) is 32.8 Å². The van der Waals surface area contributed by atoms with Gasteiger partial charge in [-0.05, 0) is 11.4 Å². The van der Waals surface area contributed by atoms with Crippen LogP contribution in [0.3, 0.4) is 0 Å². The molecule has 0 aliphatic carbocycles. The standard InChI is InChI=1S/C16H26N4O3S.HI/c1-17-16(18-6-5-15(21)22-2)19-12-13(14-4-3-11-24-14)20-7-9-23-10-8-20;/h3-4,11,13H,5-10,12H2,1-2H3,(H2,17,18,19);1H. The predicted molar refractivity (Wildman–Crippen MR) is 111 cm³/mol. The molecule has 0 amide bonds. The Balaban J connectivity index is 0.00000312. The molecule has 1 aliphatic rings. The zero-order valence-corrected chi connectivity index (χ0v) is 17.8. The van der Waals surface area contributed by atoms with Crippen LogP contribution < -0.4 is 10.6 Å². The molecule has 25 heavy (non-hydrogen) atoms. The Morgan fingerprint density at radius 2 is 2.20 bits per heavy atom. The van der Waals surface area contributed by atoms with Crippen molar-refractivity contribution in [3.05, 3.63) is 22.4 Å². The molecule has 1 aromatic heterocycles. The fourth-order valence-corrected chi connectivity index (χ4v) is 3.44. The van der Waals surface area contributed by atoms with Crippen molar-refractivity contribution in [1.29, 1.82) is 0 Å². The molecule has 1 unspecified atom stereocenters. The third-order valence-electron chi connectivity index (χ3n) is 3.89. The smallest absolute Gasteiger partial charge is 0.307 e. The lowest BCUT2D eigenvalue weighted by Crippen LogP contribution is -2.46. The molecule has 0 spiro atoms. The molecule has 1 saturated heterocycles. The van der Waals surface area contributed by atoms with Crippen molar-refractivity contribution in [2.45, 2.75) is 12.5 Å². The highest BCUT2D eigenvalue weighted by Crippen LogP contribution is 2.25.